The van der Waals surface area contributed by atoms with Crippen molar-refractivity contribution in [3.05, 3.63) is 83.4 Å². The molecule has 0 bridgehead atoms. The maximum Gasteiger partial charge on any atom is 0.162 e. The van der Waals surface area contributed by atoms with Gasteiger partial charge in [-0.1, -0.05) is 87.9 Å². The SMILES string of the molecule is C=CCC(C)(F)[C@@](C)(O)c1ccc(C(=O)CCC(CCC[C@H](CCCC)Cc2ccc(C#N)cc2)C2CC2)cc1. The number of alkyl halides is 1. The highest BCUT2D eigenvalue weighted by Gasteiger charge is 2.44. The summed E-state index contributed by atoms with van der Waals surface area (Å²) >= 11 is 0. The second kappa shape index (κ2) is 14.7. The zero-order chi connectivity index (χ0) is 29.2. The molecular weight excluding hydrogens is 497 g/mol. The number of unbranched alkanes of at least 4 members (excludes halogenated alkanes) is 1. The third-order valence-electron chi connectivity index (χ3n) is 9.10. The van der Waals surface area contributed by atoms with Crippen LogP contribution in [0.15, 0.2) is 61.2 Å². The Balaban J connectivity index is 1.52. The normalized spacial score (nSPS) is 17.7. The summed E-state index contributed by atoms with van der Waals surface area (Å²) in [7, 11) is 0. The summed E-state index contributed by atoms with van der Waals surface area (Å²) in [4.78, 5) is 13.0. The van der Waals surface area contributed by atoms with Crippen molar-refractivity contribution in [2.45, 2.75) is 109 Å². The zero-order valence-electron chi connectivity index (χ0n) is 24.8. The number of halogens is 1. The molecule has 0 amide bonds. The molecule has 2 aromatic rings. The molecule has 40 heavy (non-hydrogen) atoms. The first-order valence-corrected chi connectivity index (χ1v) is 15.3. The number of Topliss-reactive ketones (excluding diaryl/α,β-unsaturated/α-hetero) is 1. The smallest absolute Gasteiger partial charge is 0.162 e. The number of carbonyl (C=O) groups is 1. The van der Waals surface area contributed by atoms with E-state index in [0.29, 0.717) is 34.9 Å². The van der Waals surface area contributed by atoms with E-state index in [2.05, 4.69) is 31.7 Å². The van der Waals surface area contributed by atoms with Gasteiger partial charge in [0.25, 0.3) is 0 Å². The Labute approximate surface area is 241 Å². The minimum atomic E-state index is -1.85. The van der Waals surface area contributed by atoms with E-state index < -0.39 is 11.3 Å². The van der Waals surface area contributed by atoms with Crippen molar-refractivity contribution in [3.8, 4) is 6.07 Å². The Morgan fingerprint density at radius 2 is 1.73 bits per heavy atom. The lowest BCUT2D eigenvalue weighted by molar-refractivity contribution is -0.0853. The first kappa shape index (κ1) is 31.8. The molecular formula is C36H48FNO2. The highest BCUT2D eigenvalue weighted by atomic mass is 19.1. The average molecular weight is 546 g/mol. The molecule has 3 nitrogen and oxygen atoms in total. The van der Waals surface area contributed by atoms with Crippen molar-refractivity contribution in [1.29, 1.82) is 5.26 Å². The largest absolute Gasteiger partial charge is 0.382 e. The molecule has 4 heteroatoms. The molecule has 4 atom stereocenters. The fraction of sp³-hybridized carbons (Fsp3) is 0.556. The number of hydrogen-bond donors (Lipinski definition) is 1. The van der Waals surface area contributed by atoms with Gasteiger partial charge in [0.1, 0.15) is 11.3 Å². The molecule has 0 heterocycles. The summed E-state index contributed by atoms with van der Waals surface area (Å²) < 4.78 is 15.1. The van der Waals surface area contributed by atoms with Crippen LogP contribution in [0.3, 0.4) is 0 Å². The molecule has 1 N–H and O–H groups in total. The fourth-order valence-corrected chi connectivity index (χ4v) is 5.95. The van der Waals surface area contributed by atoms with Crippen molar-refractivity contribution >= 4 is 5.78 Å². The first-order valence-electron chi connectivity index (χ1n) is 15.3. The van der Waals surface area contributed by atoms with Gasteiger partial charge in [0.15, 0.2) is 5.78 Å². The van der Waals surface area contributed by atoms with E-state index in [9.17, 15) is 9.90 Å². The van der Waals surface area contributed by atoms with Gasteiger partial charge in [0.05, 0.1) is 11.6 Å². The Morgan fingerprint density at radius 3 is 2.30 bits per heavy atom. The van der Waals surface area contributed by atoms with Gasteiger partial charge < -0.3 is 5.11 Å². The molecule has 1 aliphatic carbocycles. The van der Waals surface area contributed by atoms with Crippen molar-refractivity contribution in [3.63, 3.8) is 0 Å². The summed E-state index contributed by atoms with van der Waals surface area (Å²) in [5.74, 6) is 2.12. The molecule has 0 aliphatic heterocycles. The number of hydrogen-bond acceptors (Lipinski definition) is 3. The molecule has 0 spiro atoms. The Morgan fingerprint density at radius 1 is 1.07 bits per heavy atom. The van der Waals surface area contributed by atoms with Crippen molar-refractivity contribution in [2.75, 3.05) is 0 Å². The van der Waals surface area contributed by atoms with Crippen LogP contribution in [0.1, 0.15) is 118 Å². The molecule has 0 aromatic heterocycles. The van der Waals surface area contributed by atoms with Gasteiger partial charge in [-0.3, -0.25) is 4.79 Å². The summed E-state index contributed by atoms with van der Waals surface area (Å²) in [6, 6.07) is 17.0. The lowest BCUT2D eigenvalue weighted by Gasteiger charge is -2.36. The quantitative estimate of drug-likeness (QED) is 0.150. The lowest BCUT2D eigenvalue weighted by Crippen LogP contribution is -2.43. The third-order valence-corrected chi connectivity index (χ3v) is 9.10. The van der Waals surface area contributed by atoms with Crippen LogP contribution in [-0.2, 0) is 12.0 Å². The molecule has 1 saturated carbocycles. The Kier molecular flexibility index (Phi) is 11.7. The van der Waals surface area contributed by atoms with Crippen molar-refractivity contribution in [1.82, 2.24) is 0 Å². The van der Waals surface area contributed by atoms with E-state index in [0.717, 1.165) is 18.8 Å². The second-order valence-corrected chi connectivity index (χ2v) is 12.4. The molecule has 216 valence electrons. The van der Waals surface area contributed by atoms with E-state index in [1.807, 2.05) is 12.1 Å². The topological polar surface area (TPSA) is 61.1 Å². The van der Waals surface area contributed by atoms with Gasteiger partial charge in [0.2, 0.25) is 0 Å². The zero-order valence-corrected chi connectivity index (χ0v) is 24.8. The Bertz CT molecular complexity index is 1120. The minimum Gasteiger partial charge on any atom is -0.382 e. The molecule has 3 rings (SSSR count). The van der Waals surface area contributed by atoms with Gasteiger partial charge >= 0.3 is 0 Å². The van der Waals surface area contributed by atoms with Crippen LogP contribution in [0.5, 0.6) is 0 Å². The van der Waals surface area contributed by atoms with E-state index in [4.69, 9.17) is 5.26 Å². The van der Waals surface area contributed by atoms with Gasteiger partial charge in [-0.05, 0) is 80.5 Å². The van der Waals surface area contributed by atoms with E-state index in [1.165, 1.54) is 76.9 Å². The number of nitriles is 1. The van der Waals surface area contributed by atoms with Crippen LogP contribution in [0.4, 0.5) is 4.39 Å². The maximum atomic E-state index is 15.1. The lowest BCUT2D eigenvalue weighted by atomic mass is 9.79. The molecule has 0 saturated heterocycles. The van der Waals surface area contributed by atoms with Crippen molar-refractivity contribution < 1.29 is 14.3 Å². The number of benzene rings is 2. The number of allylic oxidation sites excluding steroid dienone is 1. The maximum absolute atomic E-state index is 15.1. The number of rotatable bonds is 18. The first-order chi connectivity index (χ1) is 19.1. The number of carbonyl (C=O) groups excluding carboxylic acids is 1. The van der Waals surface area contributed by atoms with Crippen LogP contribution in [0, 0.1) is 29.1 Å². The summed E-state index contributed by atoms with van der Waals surface area (Å²) in [5, 5.41) is 19.9. The van der Waals surface area contributed by atoms with Crippen molar-refractivity contribution in [2.24, 2.45) is 17.8 Å². The highest BCUT2D eigenvalue weighted by Crippen LogP contribution is 2.42. The number of aliphatic hydroxyl groups is 1. The summed E-state index contributed by atoms with van der Waals surface area (Å²) in [6.45, 7) is 8.70. The molecule has 2 aromatic carbocycles. The molecule has 1 aliphatic rings. The Hall–Kier alpha value is -2.77. The van der Waals surface area contributed by atoms with Gasteiger partial charge in [-0.15, -0.1) is 6.58 Å². The molecule has 2 unspecified atom stereocenters. The third kappa shape index (κ3) is 8.87. The van der Waals surface area contributed by atoms with Gasteiger partial charge in [-0.25, -0.2) is 4.39 Å². The summed E-state index contributed by atoms with van der Waals surface area (Å²) in [5.41, 5.74) is -0.408. The van der Waals surface area contributed by atoms with Crippen LogP contribution in [-0.4, -0.2) is 16.6 Å². The standard InChI is InChI=1S/C36H48FNO2/c1-5-7-9-27(25-28-12-14-29(26-38)15-13-28)10-8-11-30(31-16-17-31)20-23-34(39)32-18-21-33(22-19-32)36(4,40)35(3,37)24-6-2/h6,12-15,18-19,21-22,27,30-31,40H,2,5,7-11,16-17,20,23-25H2,1,3-4H3/t27-,30?,35?,36-/m0/s1. The number of nitrogens with zero attached hydrogens (tertiary/aromatic N) is 1. The highest BCUT2D eigenvalue weighted by molar-refractivity contribution is 5.96. The monoisotopic (exact) mass is 545 g/mol. The van der Waals surface area contributed by atoms with Crippen LogP contribution >= 0.6 is 0 Å². The number of ketones is 1. The van der Waals surface area contributed by atoms with E-state index >= 15 is 4.39 Å². The summed E-state index contributed by atoms with van der Waals surface area (Å²) in [6.07, 6.45) is 13.8. The minimum absolute atomic E-state index is 0.0397. The predicted molar refractivity (Wildman–Crippen MR) is 162 cm³/mol. The molecule has 0 radical (unpaired) electrons. The average Bonchev–Trinajstić information content (AvgIpc) is 3.79. The van der Waals surface area contributed by atoms with Gasteiger partial charge in [-0.2, -0.15) is 5.26 Å². The fourth-order valence-electron chi connectivity index (χ4n) is 5.95. The van der Waals surface area contributed by atoms with E-state index in [-0.39, 0.29) is 12.2 Å². The van der Waals surface area contributed by atoms with Crippen LogP contribution < -0.4 is 0 Å². The van der Waals surface area contributed by atoms with E-state index in [1.54, 1.807) is 24.3 Å². The van der Waals surface area contributed by atoms with Crippen LogP contribution in [0.25, 0.3) is 0 Å². The predicted octanol–water partition coefficient (Wildman–Crippen LogP) is 9.28. The second-order valence-electron chi connectivity index (χ2n) is 12.4. The van der Waals surface area contributed by atoms with Gasteiger partial charge in [0, 0.05) is 18.4 Å². The van der Waals surface area contributed by atoms with Crippen LogP contribution in [0.2, 0.25) is 0 Å². The molecule has 1 fully saturated rings.